The molecule has 1 heterocycles. The summed E-state index contributed by atoms with van der Waals surface area (Å²) in [6.45, 7) is 7.20. The molecule has 112 valence electrons. The molecule has 3 nitrogen and oxygen atoms in total. The Morgan fingerprint density at radius 1 is 1.24 bits per heavy atom. The minimum atomic E-state index is 0.776. The van der Waals surface area contributed by atoms with Crippen molar-refractivity contribution in [3.8, 4) is 0 Å². The average molecular weight is 366 g/mol. The molecule has 0 amide bonds. The molecule has 0 aliphatic carbocycles. The Balaban J connectivity index is 2.11. The molecule has 5 heteroatoms. The van der Waals surface area contributed by atoms with Crippen molar-refractivity contribution in [3.63, 3.8) is 0 Å². The van der Waals surface area contributed by atoms with Gasteiger partial charge in [-0.3, -0.25) is 0 Å². The van der Waals surface area contributed by atoms with Gasteiger partial charge < -0.3 is 5.32 Å². The Morgan fingerprint density at radius 2 is 2.05 bits per heavy atom. The maximum atomic E-state index is 4.65. The Morgan fingerprint density at radius 3 is 2.76 bits per heavy atom. The largest absolute Gasteiger partial charge is 0.370 e. The molecule has 2 aromatic rings. The van der Waals surface area contributed by atoms with Crippen LogP contribution in [0, 0.1) is 13.8 Å². The van der Waals surface area contributed by atoms with Gasteiger partial charge in [-0.25, -0.2) is 9.97 Å². The average Bonchev–Trinajstić information content (AvgIpc) is 2.47. The van der Waals surface area contributed by atoms with Gasteiger partial charge in [-0.05, 0) is 38.5 Å². The van der Waals surface area contributed by atoms with E-state index < -0.39 is 0 Å². The fourth-order valence-corrected chi connectivity index (χ4v) is 3.23. The molecule has 21 heavy (non-hydrogen) atoms. The molecule has 2 rings (SSSR count). The molecule has 0 spiro atoms. The molecule has 0 unspecified atom stereocenters. The molecule has 0 fully saturated rings. The van der Waals surface area contributed by atoms with Crippen LogP contribution in [0.25, 0.3) is 0 Å². The molecular formula is C16H20BrN3S. The number of aryl methyl sites for hydroxylation is 1. The number of aromatic nitrogens is 2. The maximum Gasteiger partial charge on any atom is 0.141 e. The number of anilines is 1. The first-order chi connectivity index (χ1) is 10.1. The lowest BCUT2D eigenvalue weighted by molar-refractivity contribution is 0.928. The number of rotatable bonds is 6. The summed E-state index contributed by atoms with van der Waals surface area (Å²) in [5.74, 6) is 2.62. The molecule has 1 aromatic carbocycles. The number of halogens is 1. The summed E-state index contributed by atoms with van der Waals surface area (Å²) in [4.78, 5) is 10.5. The van der Waals surface area contributed by atoms with E-state index in [1.54, 1.807) is 11.8 Å². The Kier molecular flexibility index (Phi) is 6.06. The minimum Gasteiger partial charge on any atom is -0.370 e. The van der Waals surface area contributed by atoms with E-state index in [1.165, 1.54) is 4.90 Å². The van der Waals surface area contributed by atoms with Gasteiger partial charge in [0.15, 0.2) is 0 Å². The topological polar surface area (TPSA) is 37.8 Å². The molecular weight excluding hydrogens is 346 g/mol. The van der Waals surface area contributed by atoms with Crippen LogP contribution in [0.15, 0.2) is 33.6 Å². The van der Waals surface area contributed by atoms with Gasteiger partial charge in [-0.2, -0.15) is 0 Å². The van der Waals surface area contributed by atoms with E-state index in [1.807, 2.05) is 19.1 Å². The van der Waals surface area contributed by atoms with Crippen LogP contribution < -0.4 is 5.32 Å². The second kappa shape index (κ2) is 7.80. The third kappa shape index (κ3) is 4.71. The van der Waals surface area contributed by atoms with Crippen LogP contribution in [0.5, 0.6) is 0 Å². The molecule has 1 N–H and O–H groups in total. The van der Waals surface area contributed by atoms with Crippen molar-refractivity contribution in [1.29, 1.82) is 0 Å². The van der Waals surface area contributed by atoms with E-state index in [0.29, 0.717) is 0 Å². The van der Waals surface area contributed by atoms with Crippen molar-refractivity contribution in [2.24, 2.45) is 0 Å². The predicted molar refractivity (Wildman–Crippen MR) is 94.0 cm³/mol. The highest BCUT2D eigenvalue weighted by molar-refractivity contribution is 9.10. The summed E-state index contributed by atoms with van der Waals surface area (Å²) in [6.07, 6.45) is 1.09. The first-order valence-corrected chi connectivity index (χ1v) is 8.84. The van der Waals surface area contributed by atoms with E-state index in [0.717, 1.165) is 46.1 Å². The standard InChI is InChI=1S/C16H20BrN3S/c1-4-8-18-16-11(2)12(3)19-15(20-16)10-21-14-7-5-6-13(17)9-14/h5-7,9H,4,8,10H2,1-3H3,(H,18,19,20). The predicted octanol–water partition coefficient (Wildman–Crippen LogP) is 4.97. The quantitative estimate of drug-likeness (QED) is 0.733. The van der Waals surface area contributed by atoms with E-state index in [9.17, 15) is 0 Å². The van der Waals surface area contributed by atoms with Crippen LogP contribution in [0.1, 0.15) is 30.4 Å². The summed E-state index contributed by atoms with van der Waals surface area (Å²) >= 11 is 5.25. The molecule has 1 aromatic heterocycles. The molecule has 0 aliphatic heterocycles. The summed E-state index contributed by atoms with van der Waals surface area (Å²) in [5, 5.41) is 3.38. The second-order valence-corrected chi connectivity index (χ2v) is 6.84. The van der Waals surface area contributed by atoms with Gasteiger partial charge in [-0.1, -0.05) is 28.9 Å². The third-order valence-electron chi connectivity index (χ3n) is 3.14. The number of hydrogen-bond acceptors (Lipinski definition) is 4. The van der Waals surface area contributed by atoms with Crippen molar-refractivity contribution < 1.29 is 0 Å². The summed E-state index contributed by atoms with van der Waals surface area (Å²) in [5.41, 5.74) is 2.19. The molecule has 0 bridgehead atoms. The lowest BCUT2D eigenvalue weighted by Crippen LogP contribution is -2.08. The normalized spacial score (nSPS) is 10.7. The van der Waals surface area contributed by atoms with Gasteiger partial charge in [0.25, 0.3) is 0 Å². The van der Waals surface area contributed by atoms with Crippen LogP contribution in [0.3, 0.4) is 0 Å². The van der Waals surface area contributed by atoms with Crippen LogP contribution in [-0.2, 0) is 5.75 Å². The highest BCUT2D eigenvalue weighted by Gasteiger charge is 2.08. The fraction of sp³-hybridized carbons (Fsp3) is 0.375. The van der Waals surface area contributed by atoms with Crippen molar-refractivity contribution >= 4 is 33.5 Å². The van der Waals surface area contributed by atoms with Crippen LogP contribution >= 0.6 is 27.7 Å². The van der Waals surface area contributed by atoms with E-state index in [-0.39, 0.29) is 0 Å². The number of hydrogen-bond donors (Lipinski definition) is 1. The lowest BCUT2D eigenvalue weighted by atomic mass is 10.2. The van der Waals surface area contributed by atoms with Crippen molar-refractivity contribution in [1.82, 2.24) is 9.97 Å². The van der Waals surface area contributed by atoms with Gasteiger partial charge in [0.2, 0.25) is 0 Å². The number of nitrogens with one attached hydrogen (secondary N) is 1. The van der Waals surface area contributed by atoms with E-state index in [4.69, 9.17) is 0 Å². The van der Waals surface area contributed by atoms with Crippen molar-refractivity contribution in [2.45, 2.75) is 37.8 Å². The monoisotopic (exact) mass is 365 g/mol. The highest BCUT2D eigenvalue weighted by Crippen LogP contribution is 2.25. The van der Waals surface area contributed by atoms with Gasteiger partial charge in [0.1, 0.15) is 11.6 Å². The lowest BCUT2D eigenvalue weighted by Gasteiger charge is -2.11. The number of thioether (sulfide) groups is 1. The third-order valence-corrected chi connectivity index (χ3v) is 4.63. The molecule has 0 atom stereocenters. The first kappa shape index (κ1) is 16.3. The fourth-order valence-electron chi connectivity index (χ4n) is 1.87. The van der Waals surface area contributed by atoms with E-state index >= 15 is 0 Å². The molecule has 0 aliphatic rings. The zero-order valence-electron chi connectivity index (χ0n) is 12.6. The molecule has 0 radical (unpaired) electrons. The maximum absolute atomic E-state index is 4.65. The van der Waals surface area contributed by atoms with Gasteiger partial charge in [0, 0.05) is 27.2 Å². The summed E-state index contributed by atoms with van der Waals surface area (Å²) in [7, 11) is 0. The zero-order valence-corrected chi connectivity index (χ0v) is 15.0. The molecule has 0 saturated carbocycles. The molecule has 0 saturated heterocycles. The smallest absolute Gasteiger partial charge is 0.141 e. The number of nitrogens with zero attached hydrogens (tertiary/aromatic N) is 2. The summed E-state index contributed by atoms with van der Waals surface area (Å²) in [6, 6.07) is 8.29. The summed E-state index contributed by atoms with van der Waals surface area (Å²) < 4.78 is 1.10. The van der Waals surface area contributed by atoms with Crippen LogP contribution in [0.4, 0.5) is 5.82 Å². The Labute approximate surface area is 139 Å². The van der Waals surface area contributed by atoms with E-state index in [2.05, 4.69) is 57.2 Å². The van der Waals surface area contributed by atoms with Crippen molar-refractivity contribution in [3.05, 3.63) is 45.8 Å². The zero-order chi connectivity index (χ0) is 15.2. The van der Waals surface area contributed by atoms with Gasteiger partial charge in [-0.15, -0.1) is 11.8 Å². The van der Waals surface area contributed by atoms with Gasteiger partial charge >= 0.3 is 0 Å². The SMILES string of the molecule is CCCNc1nc(CSc2cccc(Br)c2)nc(C)c1C. The Hall–Kier alpha value is -1.07. The number of benzene rings is 1. The Bertz CT molecular complexity index is 616. The van der Waals surface area contributed by atoms with Crippen LogP contribution in [-0.4, -0.2) is 16.5 Å². The van der Waals surface area contributed by atoms with Crippen molar-refractivity contribution in [2.75, 3.05) is 11.9 Å². The highest BCUT2D eigenvalue weighted by atomic mass is 79.9. The minimum absolute atomic E-state index is 0.776. The second-order valence-electron chi connectivity index (χ2n) is 4.87. The van der Waals surface area contributed by atoms with Crippen LogP contribution in [0.2, 0.25) is 0 Å². The first-order valence-electron chi connectivity index (χ1n) is 7.06. The van der Waals surface area contributed by atoms with Gasteiger partial charge in [0.05, 0.1) is 5.75 Å².